The molecule has 1 aromatic heterocycles. The van der Waals surface area contributed by atoms with Gasteiger partial charge in [0.15, 0.2) is 15.6 Å². The molecule has 2 aliphatic heterocycles. The Balaban J connectivity index is 1.07. The number of aryl methyl sites for hydroxylation is 1. The standard InChI is InChI=1S/C40H51FN4O3S/c1-3-35(46)23-30-7-5-10-38(30)40(32-8-6-9-33(41)24-32,28-44-22-19-42-39(44)4-2)31-17-20-43(21-18-31)25-29-26-45(27-29)34-11-13-36(14-12-34)49(47,48)37-15-16-37/h3,6,8-9,11-14,19,22,24,29-31,37-38H,1,4-5,7,10,15-18,20-21,23,25-28H2,2H3/t30-,38+,40+/m1/s1. The van der Waals surface area contributed by atoms with Crippen molar-refractivity contribution in [2.75, 3.05) is 37.6 Å². The number of aromatic nitrogens is 2. The molecule has 4 fully saturated rings. The van der Waals surface area contributed by atoms with E-state index in [1.807, 2.05) is 24.4 Å². The Kier molecular flexibility index (Phi) is 9.86. The Bertz CT molecular complexity index is 1740. The van der Waals surface area contributed by atoms with E-state index in [1.165, 1.54) is 6.08 Å². The summed E-state index contributed by atoms with van der Waals surface area (Å²) in [6, 6.07) is 14.8. The number of likely N-dealkylation sites (tertiary alicyclic amines) is 1. The highest BCUT2D eigenvalue weighted by Crippen LogP contribution is 2.54. The van der Waals surface area contributed by atoms with Gasteiger partial charge in [0.1, 0.15) is 11.6 Å². The van der Waals surface area contributed by atoms with Crippen LogP contribution in [-0.4, -0.2) is 66.6 Å². The van der Waals surface area contributed by atoms with Gasteiger partial charge in [-0.3, -0.25) is 4.79 Å². The van der Waals surface area contributed by atoms with Crippen LogP contribution in [0.25, 0.3) is 0 Å². The average molecular weight is 687 g/mol. The molecule has 0 N–H and O–H groups in total. The normalized spacial score (nSPS) is 23.7. The monoisotopic (exact) mass is 686 g/mol. The highest BCUT2D eigenvalue weighted by atomic mass is 32.2. The molecule has 2 saturated heterocycles. The Morgan fingerprint density at radius 1 is 1.04 bits per heavy atom. The molecule has 3 aromatic rings. The minimum absolute atomic E-state index is 0.102. The molecular formula is C40H51FN4O3S. The van der Waals surface area contributed by atoms with Crippen LogP contribution in [0.2, 0.25) is 0 Å². The topological polar surface area (TPSA) is 75.5 Å². The number of allylic oxidation sites excluding steroid dienone is 1. The maximum absolute atomic E-state index is 15.1. The third kappa shape index (κ3) is 6.90. The van der Waals surface area contributed by atoms with Crippen molar-refractivity contribution in [3.63, 3.8) is 0 Å². The number of hydrogen-bond acceptors (Lipinski definition) is 6. The van der Waals surface area contributed by atoms with Gasteiger partial charge in [0.05, 0.1) is 10.1 Å². The van der Waals surface area contributed by atoms with Gasteiger partial charge in [-0.25, -0.2) is 17.8 Å². The zero-order valence-corrected chi connectivity index (χ0v) is 29.7. The lowest BCUT2D eigenvalue weighted by Crippen LogP contribution is -2.55. The molecule has 262 valence electrons. The van der Waals surface area contributed by atoms with E-state index in [4.69, 9.17) is 0 Å². The summed E-state index contributed by atoms with van der Waals surface area (Å²) in [5.74, 6) is 2.35. The number of benzene rings is 2. The van der Waals surface area contributed by atoms with Crippen molar-refractivity contribution in [2.45, 2.75) is 86.8 Å². The number of sulfone groups is 1. The number of piperidine rings is 1. The number of halogens is 1. The van der Waals surface area contributed by atoms with Crippen LogP contribution in [0, 0.1) is 29.5 Å². The summed E-state index contributed by atoms with van der Waals surface area (Å²) in [5, 5.41) is -0.185. The van der Waals surface area contributed by atoms with Crippen LogP contribution >= 0.6 is 0 Å². The summed E-state index contributed by atoms with van der Waals surface area (Å²) in [6.07, 6.45) is 13.5. The van der Waals surface area contributed by atoms with E-state index in [1.54, 1.807) is 24.3 Å². The number of rotatable bonds is 14. The van der Waals surface area contributed by atoms with Gasteiger partial charge in [0.25, 0.3) is 0 Å². The predicted octanol–water partition coefficient (Wildman–Crippen LogP) is 6.87. The molecule has 0 spiro atoms. The summed E-state index contributed by atoms with van der Waals surface area (Å²) >= 11 is 0. The fourth-order valence-electron chi connectivity index (χ4n) is 9.56. The molecule has 0 unspecified atom stereocenters. The Labute approximate surface area is 291 Å². The number of ketones is 1. The molecule has 0 radical (unpaired) electrons. The predicted molar refractivity (Wildman–Crippen MR) is 192 cm³/mol. The zero-order chi connectivity index (χ0) is 34.2. The molecule has 49 heavy (non-hydrogen) atoms. The van der Waals surface area contributed by atoms with Gasteiger partial charge in [-0.05, 0) is 117 Å². The number of hydrogen-bond donors (Lipinski definition) is 0. The van der Waals surface area contributed by atoms with Crippen molar-refractivity contribution in [3.05, 3.63) is 90.8 Å². The highest BCUT2D eigenvalue weighted by Gasteiger charge is 2.52. The Morgan fingerprint density at radius 2 is 1.80 bits per heavy atom. The zero-order valence-electron chi connectivity index (χ0n) is 28.9. The lowest BCUT2D eigenvalue weighted by atomic mass is 9.56. The molecule has 3 heterocycles. The summed E-state index contributed by atoms with van der Waals surface area (Å²) in [5.41, 5.74) is 1.83. The van der Waals surface area contributed by atoms with Gasteiger partial charge in [0, 0.05) is 68.4 Å². The number of anilines is 1. The number of carbonyl (C=O) groups is 1. The van der Waals surface area contributed by atoms with Crippen LogP contribution in [-0.2, 0) is 33.0 Å². The molecule has 2 aromatic carbocycles. The minimum atomic E-state index is -3.16. The summed E-state index contributed by atoms with van der Waals surface area (Å²) in [7, 11) is -3.16. The Hall–Kier alpha value is -3.30. The quantitative estimate of drug-likeness (QED) is 0.173. The van der Waals surface area contributed by atoms with E-state index in [0.29, 0.717) is 23.2 Å². The first-order valence-electron chi connectivity index (χ1n) is 18.4. The van der Waals surface area contributed by atoms with Crippen molar-refractivity contribution in [1.29, 1.82) is 0 Å². The van der Waals surface area contributed by atoms with E-state index < -0.39 is 9.84 Å². The SMILES string of the molecule is C=CC(=O)C[C@H]1CCC[C@@H]1[C@](Cn1ccnc1CC)(c1cccc(F)c1)C1CCN(CC2CN(c3ccc(S(=O)(=O)C4CC4)cc3)C2)CC1. The van der Waals surface area contributed by atoms with Crippen LogP contribution in [0.4, 0.5) is 10.1 Å². The van der Waals surface area contributed by atoms with Gasteiger partial charge >= 0.3 is 0 Å². The third-order valence-corrected chi connectivity index (χ3v) is 14.5. The number of imidazole rings is 1. The van der Waals surface area contributed by atoms with E-state index in [-0.39, 0.29) is 34.1 Å². The second-order valence-electron chi connectivity index (χ2n) is 15.1. The number of nitrogens with zero attached hydrogens (tertiary/aromatic N) is 4. The van der Waals surface area contributed by atoms with Crippen molar-refractivity contribution in [3.8, 4) is 0 Å². The maximum atomic E-state index is 15.1. The minimum Gasteiger partial charge on any atom is -0.371 e. The fourth-order valence-corrected chi connectivity index (χ4v) is 11.2. The second-order valence-corrected chi connectivity index (χ2v) is 17.4. The molecule has 2 saturated carbocycles. The second kappa shape index (κ2) is 14.1. The summed E-state index contributed by atoms with van der Waals surface area (Å²) < 4.78 is 42.6. The van der Waals surface area contributed by atoms with Gasteiger partial charge in [-0.1, -0.05) is 32.1 Å². The van der Waals surface area contributed by atoms with E-state index in [2.05, 4.69) is 45.1 Å². The molecule has 2 aliphatic carbocycles. The smallest absolute Gasteiger partial charge is 0.181 e. The van der Waals surface area contributed by atoms with Gasteiger partial charge in [-0.2, -0.15) is 0 Å². The van der Waals surface area contributed by atoms with Gasteiger partial charge < -0.3 is 14.4 Å². The first kappa shape index (κ1) is 34.2. The van der Waals surface area contributed by atoms with Crippen molar-refractivity contribution >= 4 is 21.3 Å². The van der Waals surface area contributed by atoms with Crippen LogP contribution in [0.5, 0.6) is 0 Å². The fraction of sp³-hybridized carbons (Fsp3) is 0.550. The van der Waals surface area contributed by atoms with E-state index in [9.17, 15) is 13.2 Å². The molecule has 9 heteroatoms. The van der Waals surface area contributed by atoms with Crippen LogP contribution in [0.1, 0.15) is 69.7 Å². The summed E-state index contributed by atoms with van der Waals surface area (Å²) in [4.78, 5) is 22.9. The first-order chi connectivity index (χ1) is 23.7. The molecule has 7 rings (SSSR count). The van der Waals surface area contributed by atoms with Crippen molar-refractivity contribution in [1.82, 2.24) is 14.5 Å². The first-order valence-corrected chi connectivity index (χ1v) is 20.0. The largest absolute Gasteiger partial charge is 0.371 e. The van der Waals surface area contributed by atoms with E-state index in [0.717, 1.165) is 108 Å². The molecule has 4 aliphatic rings. The molecule has 7 nitrogen and oxygen atoms in total. The third-order valence-electron chi connectivity index (χ3n) is 12.2. The van der Waals surface area contributed by atoms with Crippen LogP contribution in [0.15, 0.2) is 78.5 Å². The van der Waals surface area contributed by atoms with E-state index >= 15 is 4.39 Å². The molecule has 0 amide bonds. The van der Waals surface area contributed by atoms with Crippen molar-refractivity contribution < 1.29 is 17.6 Å². The average Bonchev–Trinajstić information content (AvgIpc) is 3.72. The maximum Gasteiger partial charge on any atom is 0.181 e. The number of carbonyl (C=O) groups excluding carboxylic acids is 1. The van der Waals surface area contributed by atoms with Gasteiger partial charge in [-0.15, -0.1) is 0 Å². The lowest BCUT2D eigenvalue weighted by Gasteiger charge is -2.52. The van der Waals surface area contributed by atoms with Crippen molar-refractivity contribution in [2.24, 2.45) is 23.7 Å². The highest BCUT2D eigenvalue weighted by molar-refractivity contribution is 7.92. The van der Waals surface area contributed by atoms with Crippen LogP contribution in [0.3, 0.4) is 0 Å². The lowest BCUT2D eigenvalue weighted by molar-refractivity contribution is -0.116. The summed E-state index contributed by atoms with van der Waals surface area (Å²) in [6.45, 7) is 11.7. The molecular weight excluding hydrogens is 636 g/mol. The Morgan fingerprint density at radius 3 is 2.47 bits per heavy atom. The van der Waals surface area contributed by atoms with Gasteiger partial charge in [0.2, 0.25) is 0 Å². The van der Waals surface area contributed by atoms with Crippen LogP contribution < -0.4 is 4.90 Å². The molecule has 0 bridgehead atoms. The molecule has 3 atom stereocenters.